The lowest BCUT2D eigenvalue weighted by Crippen LogP contribution is -2.39. The van der Waals surface area contributed by atoms with Gasteiger partial charge in [-0.2, -0.15) is 0 Å². The van der Waals surface area contributed by atoms with E-state index < -0.39 is 0 Å². The number of hydrogen-bond acceptors (Lipinski definition) is 5. The molecule has 8 atom stereocenters. The summed E-state index contributed by atoms with van der Waals surface area (Å²) in [5.41, 5.74) is 0. The molecule has 0 aromatic rings. The molecule has 0 spiro atoms. The summed E-state index contributed by atoms with van der Waals surface area (Å²) in [6, 6.07) is -0.0370. The van der Waals surface area contributed by atoms with Gasteiger partial charge >= 0.3 is 0 Å². The van der Waals surface area contributed by atoms with Gasteiger partial charge in [-0.25, -0.2) is 0 Å². The Kier molecular flexibility index (Phi) is 4.33. The van der Waals surface area contributed by atoms with Crippen molar-refractivity contribution in [2.45, 2.75) is 58.4 Å². The predicted molar refractivity (Wildman–Crippen MR) is 106 cm³/mol. The van der Waals surface area contributed by atoms with Gasteiger partial charge in [-0.05, 0) is 46.0 Å². The third-order valence-electron chi connectivity index (χ3n) is 7.48. The van der Waals surface area contributed by atoms with Gasteiger partial charge in [0.25, 0.3) is 0 Å². The molecule has 1 saturated carbocycles. The Morgan fingerprint density at radius 2 is 1.03 bits per heavy atom. The summed E-state index contributed by atoms with van der Waals surface area (Å²) in [5.74, 6) is 0.109. The second kappa shape index (κ2) is 6.61. The van der Waals surface area contributed by atoms with E-state index >= 15 is 0 Å². The van der Waals surface area contributed by atoms with E-state index in [1.165, 1.54) is 9.80 Å². The quantitative estimate of drug-likeness (QED) is 0.507. The smallest absolute Gasteiger partial charge is 0.236 e. The number of amides is 4. The summed E-state index contributed by atoms with van der Waals surface area (Å²) in [7, 11) is 0. The zero-order valence-corrected chi connectivity index (χ0v) is 17.7. The van der Waals surface area contributed by atoms with E-state index in [1.807, 2.05) is 39.8 Å². The molecule has 4 fully saturated rings. The minimum Gasteiger partial charge on any atom is -0.365 e. The summed E-state index contributed by atoms with van der Waals surface area (Å²) < 4.78 is 5.53. The molecular weight excluding hydrogens is 384 g/mol. The molecule has 0 aromatic carbocycles. The van der Waals surface area contributed by atoms with Gasteiger partial charge < -0.3 is 4.74 Å². The molecule has 4 amide bonds. The highest BCUT2D eigenvalue weighted by atomic mass is 16.5. The Balaban J connectivity index is 0.000000128. The van der Waals surface area contributed by atoms with Crippen LogP contribution in [0.3, 0.4) is 0 Å². The highest BCUT2D eigenvalue weighted by molar-refractivity contribution is 6.07. The highest BCUT2D eigenvalue weighted by Crippen LogP contribution is 2.52. The predicted octanol–water partition coefficient (Wildman–Crippen LogP) is 1.54. The molecular formula is C23H28N2O5. The van der Waals surface area contributed by atoms with Crippen LogP contribution in [-0.4, -0.2) is 57.7 Å². The van der Waals surface area contributed by atoms with Crippen LogP contribution in [0.15, 0.2) is 24.3 Å². The third-order valence-corrected chi connectivity index (χ3v) is 7.48. The number of hydrogen-bond donors (Lipinski definition) is 0. The zero-order valence-electron chi connectivity index (χ0n) is 17.7. The number of nitrogens with zero attached hydrogens (tertiary/aromatic N) is 2. The lowest BCUT2D eigenvalue weighted by Gasteiger charge is -2.21. The number of imide groups is 2. The maximum absolute atomic E-state index is 12.1. The van der Waals surface area contributed by atoms with Crippen molar-refractivity contribution in [3.8, 4) is 0 Å². The summed E-state index contributed by atoms with van der Waals surface area (Å²) in [6.07, 6.45) is 8.74. The number of fused-ring (bicyclic) bond motifs is 10. The molecule has 4 heterocycles. The number of likely N-dealkylation sites (tertiary alicyclic amines) is 2. The van der Waals surface area contributed by atoms with Crippen LogP contribution in [0.25, 0.3) is 0 Å². The average Bonchev–Trinajstić information content (AvgIpc) is 3.48. The molecule has 4 bridgehead atoms. The first-order chi connectivity index (χ1) is 14.2. The Hall–Kier alpha value is -2.28. The van der Waals surface area contributed by atoms with Gasteiger partial charge in [0.05, 0.1) is 35.9 Å². The van der Waals surface area contributed by atoms with Crippen molar-refractivity contribution in [3.05, 3.63) is 24.3 Å². The van der Waals surface area contributed by atoms with Gasteiger partial charge in [0.15, 0.2) is 0 Å². The van der Waals surface area contributed by atoms with Gasteiger partial charge in [-0.15, -0.1) is 0 Å². The summed E-state index contributed by atoms with van der Waals surface area (Å²) in [5, 5.41) is 0. The standard InChI is InChI=1S/C12H15NO2.C11H13NO3/c1-6(2)13-11(14)9-7-3-4-8(5-7)10(9)12(13)15;1-5(2)12-10(13)8-6-3-4-7(15-6)9(8)11(12)14/h3-4,6-10H,5H2,1-2H3;3-9H,1-2H3. The normalized spacial score (nSPS) is 42.2. The molecule has 7 heteroatoms. The topological polar surface area (TPSA) is 84.0 Å². The van der Waals surface area contributed by atoms with E-state index in [9.17, 15) is 19.2 Å². The number of carbonyl (C=O) groups excluding carboxylic acids is 4. The fourth-order valence-electron chi connectivity index (χ4n) is 6.27. The van der Waals surface area contributed by atoms with Gasteiger partial charge in [-0.1, -0.05) is 24.3 Å². The summed E-state index contributed by atoms with van der Waals surface area (Å²) in [6.45, 7) is 7.55. The van der Waals surface area contributed by atoms with Crippen molar-refractivity contribution in [3.63, 3.8) is 0 Å². The minimum absolute atomic E-state index is 0.00926. The monoisotopic (exact) mass is 412 g/mol. The van der Waals surface area contributed by atoms with Crippen molar-refractivity contribution in [1.29, 1.82) is 0 Å². The van der Waals surface area contributed by atoms with E-state index in [0.717, 1.165) is 6.42 Å². The molecule has 6 rings (SSSR count). The van der Waals surface area contributed by atoms with Crippen LogP contribution >= 0.6 is 0 Å². The molecule has 2 aliphatic carbocycles. The number of ether oxygens (including phenoxy) is 1. The molecule has 8 unspecified atom stereocenters. The van der Waals surface area contributed by atoms with Gasteiger partial charge in [0.1, 0.15) is 0 Å². The second-order valence-electron chi connectivity index (χ2n) is 9.78. The van der Waals surface area contributed by atoms with Crippen molar-refractivity contribution < 1.29 is 23.9 Å². The van der Waals surface area contributed by atoms with E-state index in [0.29, 0.717) is 11.8 Å². The van der Waals surface area contributed by atoms with Crippen LogP contribution in [0.5, 0.6) is 0 Å². The van der Waals surface area contributed by atoms with Gasteiger partial charge in [0, 0.05) is 12.1 Å². The van der Waals surface area contributed by atoms with Crippen LogP contribution in [-0.2, 0) is 23.9 Å². The minimum atomic E-state index is -0.255. The van der Waals surface area contributed by atoms with Crippen molar-refractivity contribution >= 4 is 23.6 Å². The second-order valence-corrected chi connectivity index (χ2v) is 9.78. The van der Waals surface area contributed by atoms with E-state index in [-0.39, 0.29) is 71.6 Å². The maximum atomic E-state index is 12.1. The van der Waals surface area contributed by atoms with Crippen LogP contribution < -0.4 is 0 Å². The number of carbonyl (C=O) groups is 4. The Morgan fingerprint density at radius 3 is 1.40 bits per heavy atom. The molecule has 3 saturated heterocycles. The molecule has 0 N–H and O–H groups in total. The van der Waals surface area contributed by atoms with Crippen LogP contribution in [0.2, 0.25) is 0 Å². The largest absolute Gasteiger partial charge is 0.365 e. The first-order valence-electron chi connectivity index (χ1n) is 11.0. The Bertz CT molecular complexity index is 758. The fourth-order valence-corrected chi connectivity index (χ4v) is 6.27. The number of rotatable bonds is 2. The molecule has 0 aromatic heterocycles. The van der Waals surface area contributed by atoms with E-state index in [2.05, 4.69) is 12.2 Å². The average molecular weight is 412 g/mol. The summed E-state index contributed by atoms with van der Waals surface area (Å²) >= 11 is 0. The van der Waals surface area contributed by atoms with Crippen molar-refractivity contribution in [2.24, 2.45) is 35.5 Å². The maximum Gasteiger partial charge on any atom is 0.236 e. The first kappa shape index (κ1) is 19.7. The van der Waals surface area contributed by atoms with Crippen LogP contribution in [0.4, 0.5) is 0 Å². The van der Waals surface area contributed by atoms with E-state index in [4.69, 9.17) is 4.74 Å². The van der Waals surface area contributed by atoms with E-state index in [1.54, 1.807) is 0 Å². The SMILES string of the molecule is CC(C)N1C(=O)C2C3C=CC(C3)C2C1=O.CC(C)N1C(=O)C2C3C=CC(O3)C2C1=O. The highest BCUT2D eigenvalue weighted by Gasteiger charge is 2.61. The molecule has 30 heavy (non-hydrogen) atoms. The number of allylic oxidation sites excluding steroid dienone is 2. The zero-order chi connectivity index (χ0) is 21.5. The first-order valence-corrected chi connectivity index (χ1v) is 11.0. The molecule has 160 valence electrons. The molecule has 6 aliphatic rings. The lowest BCUT2D eigenvalue weighted by atomic mass is 9.85. The van der Waals surface area contributed by atoms with Crippen LogP contribution in [0.1, 0.15) is 34.1 Å². The van der Waals surface area contributed by atoms with Gasteiger partial charge in [0.2, 0.25) is 23.6 Å². The van der Waals surface area contributed by atoms with Gasteiger partial charge in [-0.3, -0.25) is 29.0 Å². The third kappa shape index (κ3) is 2.47. The van der Waals surface area contributed by atoms with Crippen molar-refractivity contribution in [1.82, 2.24) is 9.80 Å². The van der Waals surface area contributed by atoms with Crippen LogP contribution in [0, 0.1) is 35.5 Å². The molecule has 4 aliphatic heterocycles. The summed E-state index contributed by atoms with van der Waals surface area (Å²) in [4.78, 5) is 51.1. The molecule has 0 radical (unpaired) electrons. The Morgan fingerprint density at radius 1 is 0.667 bits per heavy atom. The fraction of sp³-hybridized carbons (Fsp3) is 0.652. The lowest BCUT2D eigenvalue weighted by molar-refractivity contribution is -0.145. The Labute approximate surface area is 176 Å². The van der Waals surface area contributed by atoms with Crippen molar-refractivity contribution in [2.75, 3.05) is 0 Å². The molecule has 7 nitrogen and oxygen atoms in total.